The lowest BCUT2D eigenvalue weighted by atomic mass is 9.77. The van der Waals surface area contributed by atoms with Gasteiger partial charge in [0.05, 0.1) is 5.60 Å². The summed E-state index contributed by atoms with van der Waals surface area (Å²) in [6.45, 7) is 8.80. The Bertz CT molecular complexity index is 440. The van der Waals surface area contributed by atoms with Crippen LogP contribution in [-0.2, 0) is 6.54 Å². The van der Waals surface area contributed by atoms with Gasteiger partial charge in [0.2, 0.25) is 0 Å². The molecule has 0 aliphatic carbocycles. The molecule has 23 heavy (non-hydrogen) atoms. The molecule has 0 bridgehead atoms. The number of piperidine rings is 1. The van der Waals surface area contributed by atoms with E-state index in [9.17, 15) is 5.11 Å². The molecule has 2 rings (SSSR count). The minimum absolute atomic E-state index is 0.466. The number of hydrogen-bond donors (Lipinski definition) is 1. The minimum Gasteiger partial charge on any atom is -0.390 e. The van der Waals surface area contributed by atoms with Crippen molar-refractivity contribution in [2.24, 2.45) is 5.92 Å². The van der Waals surface area contributed by atoms with E-state index in [0.29, 0.717) is 12.0 Å². The highest BCUT2D eigenvalue weighted by Crippen LogP contribution is 2.36. The molecule has 0 spiro atoms. The Labute approximate surface area is 142 Å². The molecule has 2 heteroatoms. The summed E-state index contributed by atoms with van der Waals surface area (Å²) in [5, 5.41) is 10.8. The summed E-state index contributed by atoms with van der Waals surface area (Å²) in [7, 11) is 0. The molecule has 1 aromatic rings. The first-order valence-electron chi connectivity index (χ1n) is 9.62. The summed E-state index contributed by atoms with van der Waals surface area (Å²) in [4.78, 5) is 2.68. The zero-order valence-corrected chi connectivity index (χ0v) is 15.3. The van der Waals surface area contributed by atoms with Gasteiger partial charge in [0.25, 0.3) is 0 Å². The highest BCUT2D eigenvalue weighted by Gasteiger charge is 2.35. The van der Waals surface area contributed by atoms with Gasteiger partial charge in [-0.3, -0.25) is 4.90 Å². The van der Waals surface area contributed by atoms with Crippen LogP contribution >= 0.6 is 0 Å². The van der Waals surface area contributed by atoms with Crippen LogP contribution in [0.25, 0.3) is 0 Å². The van der Waals surface area contributed by atoms with E-state index in [2.05, 4.69) is 56.0 Å². The van der Waals surface area contributed by atoms with E-state index in [0.717, 1.165) is 25.8 Å². The van der Waals surface area contributed by atoms with Crippen LogP contribution in [0.5, 0.6) is 0 Å². The van der Waals surface area contributed by atoms with Crippen molar-refractivity contribution in [1.82, 2.24) is 4.90 Å². The van der Waals surface area contributed by atoms with E-state index >= 15 is 0 Å². The van der Waals surface area contributed by atoms with Crippen molar-refractivity contribution >= 4 is 0 Å². The van der Waals surface area contributed by atoms with Gasteiger partial charge in [-0.15, -0.1) is 0 Å². The highest BCUT2D eigenvalue weighted by molar-refractivity contribution is 5.14. The topological polar surface area (TPSA) is 23.5 Å². The molecule has 0 aromatic heterocycles. The molecule has 2 nitrogen and oxygen atoms in total. The zero-order valence-electron chi connectivity index (χ0n) is 15.3. The molecule has 1 fully saturated rings. The Kier molecular flexibility index (Phi) is 7.10. The lowest BCUT2D eigenvalue weighted by Crippen LogP contribution is -2.47. The predicted octanol–water partition coefficient (Wildman–Crippen LogP) is 5.01. The molecule has 0 radical (unpaired) electrons. The van der Waals surface area contributed by atoms with Gasteiger partial charge in [-0.25, -0.2) is 0 Å². The number of aliphatic hydroxyl groups is 1. The summed E-state index contributed by atoms with van der Waals surface area (Å²) >= 11 is 0. The van der Waals surface area contributed by atoms with Crippen LogP contribution in [0.2, 0.25) is 0 Å². The molecule has 0 unspecified atom stereocenters. The van der Waals surface area contributed by atoms with Crippen molar-refractivity contribution < 1.29 is 5.11 Å². The van der Waals surface area contributed by atoms with Crippen molar-refractivity contribution in [3.8, 4) is 0 Å². The van der Waals surface area contributed by atoms with Gasteiger partial charge in [0, 0.05) is 12.6 Å². The SMILES string of the molecule is CCC[C@H]1[C@H](CC(O)(CC)CC)CCCN1Cc1ccccc1. The van der Waals surface area contributed by atoms with Crippen molar-refractivity contribution in [2.75, 3.05) is 6.54 Å². The van der Waals surface area contributed by atoms with Crippen molar-refractivity contribution in [2.45, 2.75) is 83.9 Å². The average Bonchev–Trinajstić information content (AvgIpc) is 2.58. The third-order valence-electron chi connectivity index (χ3n) is 5.80. The van der Waals surface area contributed by atoms with Gasteiger partial charge >= 0.3 is 0 Å². The molecular weight excluding hydrogens is 282 g/mol. The summed E-state index contributed by atoms with van der Waals surface area (Å²) in [6.07, 6.45) is 7.73. The number of benzene rings is 1. The monoisotopic (exact) mass is 317 g/mol. The number of hydrogen-bond acceptors (Lipinski definition) is 2. The maximum Gasteiger partial charge on any atom is 0.0645 e. The standard InChI is InChI=1S/C21H35NO/c1-4-11-20-19(16-21(23,5-2)6-3)14-10-15-22(20)17-18-12-8-7-9-13-18/h7-9,12-13,19-20,23H,4-6,10-11,14-17H2,1-3H3/t19-,20-/m0/s1. The fourth-order valence-electron chi connectivity index (χ4n) is 4.21. The molecule has 2 atom stereocenters. The van der Waals surface area contributed by atoms with Crippen LogP contribution in [0.1, 0.15) is 71.3 Å². The van der Waals surface area contributed by atoms with Crippen LogP contribution in [-0.4, -0.2) is 28.2 Å². The number of likely N-dealkylation sites (tertiary alicyclic amines) is 1. The second kappa shape index (κ2) is 8.84. The van der Waals surface area contributed by atoms with Crippen molar-refractivity contribution in [3.63, 3.8) is 0 Å². The van der Waals surface area contributed by atoms with E-state index in [1.54, 1.807) is 0 Å². The number of rotatable bonds is 8. The Hall–Kier alpha value is -0.860. The normalized spacial score (nSPS) is 23.1. The van der Waals surface area contributed by atoms with Gasteiger partial charge in [0.15, 0.2) is 0 Å². The molecule has 1 N–H and O–H groups in total. The maximum atomic E-state index is 10.8. The first-order chi connectivity index (χ1) is 11.1. The average molecular weight is 318 g/mol. The lowest BCUT2D eigenvalue weighted by Gasteiger charge is -2.44. The Morgan fingerprint density at radius 1 is 1.13 bits per heavy atom. The van der Waals surface area contributed by atoms with E-state index in [1.165, 1.54) is 37.8 Å². The van der Waals surface area contributed by atoms with Crippen LogP contribution in [0.3, 0.4) is 0 Å². The first kappa shape index (κ1) is 18.5. The fraction of sp³-hybridized carbons (Fsp3) is 0.714. The van der Waals surface area contributed by atoms with Crippen LogP contribution in [0, 0.1) is 5.92 Å². The second-order valence-corrected chi connectivity index (χ2v) is 7.35. The molecule has 1 aliphatic rings. The highest BCUT2D eigenvalue weighted by atomic mass is 16.3. The molecule has 0 amide bonds. The summed E-state index contributed by atoms with van der Waals surface area (Å²) in [6, 6.07) is 11.5. The van der Waals surface area contributed by atoms with E-state index < -0.39 is 5.60 Å². The fourth-order valence-corrected chi connectivity index (χ4v) is 4.21. The minimum atomic E-state index is -0.466. The first-order valence-corrected chi connectivity index (χ1v) is 9.62. The van der Waals surface area contributed by atoms with E-state index in [-0.39, 0.29) is 0 Å². The molecular formula is C21H35NO. The molecule has 1 heterocycles. The molecule has 1 saturated heterocycles. The van der Waals surface area contributed by atoms with Crippen molar-refractivity contribution in [1.29, 1.82) is 0 Å². The van der Waals surface area contributed by atoms with Gasteiger partial charge in [-0.1, -0.05) is 57.5 Å². The lowest BCUT2D eigenvalue weighted by molar-refractivity contribution is -0.0245. The third kappa shape index (κ3) is 5.06. The summed E-state index contributed by atoms with van der Waals surface area (Å²) < 4.78 is 0. The second-order valence-electron chi connectivity index (χ2n) is 7.35. The van der Waals surface area contributed by atoms with Gasteiger partial charge < -0.3 is 5.11 Å². The van der Waals surface area contributed by atoms with E-state index in [4.69, 9.17) is 0 Å². The summed E-state index contributed by atoms with van der Waals surface area (Å²) in [5.41, 5.74) is 0.947. The van der Waals surface area contributed by atoms with Crippen LogP contribution in [0.15, 0.2) is 30.3 Å². The van der Waals surface area contributed by atoms with Crippen molar-refractivity contribution in [3.05, 3.63) is 35.9 Å². The van der Waals surface area contributed by atoms with Gasteiger partial charge in [-0.05, 0) is 56.6 Å². The zero-order chi connectivity index (χ0) is 16.7. The molecule has 1 aliphatic heterocycles. The van der Waals surface area contributed by atoms with E-state index in [1.807, 2.05) is 0 Å². The largest absolute Gasteiger partial charge is 0.390 e. The van der Waals surface area contributed by atoms with Gasteiger partial charge in [-0.2, -0.15) is 0 Å². The predicted molar refractivity (Wildman–Crippen MR) is 98.4 cm³/mol. The molecule has 0 saturated carbocycles. The Balaban J connectivity index is 2.09. The Morgan fingerprint density at radius 3 is 2.43 bits per heavy atom. The van der Waals surface area contributed by atoms with Crippen LogP contribution < -0.4 is 0 Å². The smallest absolute Gasteiger partial charge is 0.0645 e. The number of nitrogens with zero attached hydrogens (tertiary/aromatic N) is 1. The quantitative estimate of drug-likeness (QED) is 0.728. The Morgan fingerprint density at radius 2 is 1.83 bits per heavy atom. The maximum absolute atomic E-state index is 10.8. The molecule has 130 valence electrons. The van der Waals surface area contributed by atoms with Crippen LogP contribution in [0.4, 0.5) is 0 Å². The third-order valence-corrected chi connectivity index (χ3v) is 5.80. The molecule has 1 aromatic carbocycles. The summed E-state index contributed by atoms with van der Waals surface area (Å²) in [5.74, 6) is 0.636. The van der Waals surface area contributed by atoms with Gasteiger partial charge in [0.1, 0.15) is 0 Å².